The summed E-state index contributed by atoms with van der Waals surface area (Å²) in [7, 11) is 0. The molecule has 1 aromatic rings. The number of nitrogens with one attached hydrogen (secondary N) is 2. The van der Waals surface area contributed by atoms with Crippen molar-refractivity contribution in [2.24, 2.45) is 5.92 Å². The molecule has 0 spiro atoms. The van der Waals surface area contributed by atoms with Crippen LogP contribution in [0.15, 0.2) is 24.3 Å². The zero-order valence-electron chi connectivity index (χ0n) is 13.8. The second-order valence-corrected chi connectivity index (χ2v) is 6.27. The summed E-state index contributed by atoms with van der Waals surface area (Å²) in [5.41, 5.74) is 1.31. The van der Waals surface area contributed by atoms with Gasteiger partial charge in [0.1, 0.15) is 5.60 Å². The van der Waals surface area contributed by atoms with Gasteiger partial charge in [-0.3, -0.25) is 5.32 Å². The maximum absolute atomic E-state index is 11.7. The largest absolute Gasteiger partial charge is 0.444 e. The van der Waals surface area contributed by atoms with Crippen LogP contribution in [-0.2, 0) is 4.74 Å². The Bertz CT molecular complexity index is 431. The number of benzene rings is 1. The third kappa shape index (κ3) is 7.02. The van der Waals surface area contributed by atoms with Crippen molar-refractivity contribution in [2.75, 3.05) is 17.2 Å². The van der Waals surface area contributed by atoms with Crippen molar-refractivity contribution in [1.29, 1.82) is 0 Å². The Hall–Kier alpha value is -1.71. The predicted octanol–water partition coefficient (Wildman–Crippen LogP) is 4.88. The Morgan fingerprint density at radius 1 is 1.10 bits per heavy atom. The highest BCUT2D eigenvalue weighted by atomic mass is 16.6. The van der Waals surface area contributed by atoms with Gasteiger partial charge in [-0.05, 0) is 51.0 Å². The lowest BCUT2D eigenvalue weighted by Gasteiger charge is -2.19. The number of ether oxygens (including phenoxy) is 1. The van der Waals surface area contributed by atoms with E-state index < -0.39 is 11.7 Å². The molecular weight excluding hydrogens is 264 g/mol. The summed E-state index contributed by atoms with van der Waals surface area (Å²) in [5, 5.41) is 6.15. The van der Waals surface area contributed by atoms with Gasteiger partial charge in [0, 0.05) is 17.9 Å². The second-order valence-electron chi connectivity index (χ2n) is 6.27. The first-order valence-corrected chi connectivity index (χ1v) is 7.68. The predicted molar refractivity (Wildman–Crippen MR) is 88.9 cm³/mol. The van der Waals surface area contributed by atoms with Gasteiger partial charge in [-0.25, -0.2) is 4.79 Å². The molecule has 0 aliphatic rings. The summed E-state index contributed by atoms with van der Waals surface area (Å²) in [6, 6.07) is 7.68. The van der Waals surface area contributed by atoms with Crippen LogP contribution in [-0.4, -0.2) is 18.2 Å². The molecule has 0 aliphatic heterocycles. The van der Waals surface area contributed by atoms with Gasteiger partial charge in [0.15, 0.2) is 0 Å². The first-order valence-electron chi connectivity index (χ1n) is 7.68. The quantitative estimate of drug-likeness (QED) is 0.785. The SMILES string of the molecule is CCC(CC)CNc1ccc(NC(=O)OC(C)(C)C)cc1. The first kappa shape index (κ1) is 17.3. The smallest absolute Gasteiger partial charge is 0.412 e. The van der Waals surface area contributed by atoms with Crippen molar-refractivity contribution in [3.63, 3.8) is 0 Å². The second kappa shape index (κ2) is 7.91. The van der Waals surface area contributed by atoms with E-state index in [1.54, 1.807) is 0 Å². The van der Waals surface area contributed by atoms with E-state index in [2.05, 4.69) is 24.5 Å². The fourth-order valence-corrected chi connectivity index (χ4v) is 1.93. The number of amides is 1. The fraction of sp³-hybridized carbons (Fsp3) is 0.588. The third-order valence-corrected chi connectivity index (χ3v) is 3.28. The van der Waals surface area contributed by atoms with Crippen LogP contribution in [0.4, 0.5) is 16.2 Å². The average Bonchev–Trinajstić information content (AvgIpc) is 2.39. The van der Waals surface area contributed by atoms with E-state index in [1.807, 2.05) is 45.0 Å². The summed E-state index contributed by atoms with van der Waals surface area (Å²) >= 11 is 0. The summed E-state index contributed by atoms with van der Waals surface area (Å²) in [4.78, 5) is 11.7. The van der Waals surface area contributed by atoms with E-state index in [4.69, 9.17) is 4.74 Å². The molecule has 0 saturated heterocycles. The summed E-state index contributed by atoms with van der Waals surface area (Å²) in [5.74, 6) is 0.699. The molecule has 0 saturated carbocycles. The summed E-state index contributed by atoms with van der Waals surface area (Å²) in [6.07, 6.45) is 1.93. The number of carbonyl (C=O) groups excluding carboxylic acids is 1. The van der Waals surface area contributed by atoms with E-state index in [0.717, 1.165) is 17.9 Å². The lowest BCUT2D eigenvalue weighted by Crippen LogP contribution is -2.27. The molecule has 1 amide bonds. The first-order chi connectivity index (χ1) is 9.84. The van der Waals surface area contributed by atoms with Crippen LogP contribution in [0.2, 0.25) is 0 Å². The number of carbonyl (C=O) groups is 1. The number of rotatable bonds is 6. The highest BCUT2D eigenvalue weighted by Crippen LogP contribution is 2.16. The van der Waals surface area contributed by atoms with Crippen molar-refractivity contribution in [3.05, 3.63) is 24.3 Å². The molecule has 2 N–H and O–H groups in total. The maximum atomic E-state index is 11.7. The minimum atomic E-state index is -0.485. The van der Waals surface area contributed by atoms with Gasteiger partial charge in [-0.15, -0.1) is 0 Å². The Labute approximate surface area is 128 Å². The molecule has 21 heavy (non-hydrogen) atoms. The molecule has 0 aromatic heterocycles. The molecule has 118 valence electrons. The highest BCUT2D eigenvalue weighted by molar-refractivity contribution is 5.85. The average molecular weight is 292 g/mol. The Balaban J connectivity index is 2.48. The Morgan fingerprint density at radius 2 is 1.62 bits per heavy atom. The molecule has 0 aliphatic carbocycles. The van der Waals surface area contributed by atoms with Gasteiger partial charge >= 0.3 is 6.09 Å². The number of anilines is 2. The van der Waals surface area contributed by atoms with Crippen molar-refractivity contribution in [3.8, 4) is 0 Å². The van der Waals surface area contributed by atoms with Crippen LogP contribution in [0.1, 0.15) is 47.5 Å². The lowest BCUT2D eigenvalue weighted by atomic mass is 10.0. The molecule has 0 bridgehead atoms. The van der Waals surface area contributed by atoms with Gasteiger partial charge in [-0.2, -0.15) is 0 Å². The highest BCUT2D eigenvalue weighted by Gasteiger charge is 2.16. The van der Waals surface area contributed by atoms with E-state index in [9.17, 15) is 4.79 Å². The fourth-order valence-electron chi connectivity index (χ4n) is 1.93. The molecular formula is C17H28N2O2. The normalized spacial score (nSPS) is 11.3. The van der Waals surface area contributed by atoms with Gasteiger partial charge in [-0.1, -0.05) is 26.7 Å². The van der Waals surface area contributed by atoms with Crippen LogP contribution in [0.25, 0.3) is 0 Å². The molecule has 0 atom stereocenters. The lowest BCUT2D eigenvalue weighted by molar-refractivity contribution is 0.0636. The molecule has 0 fully saturated rings. The summed E-state index contributed by atoms with van der Waals surface area (Å²) < 4.78 is 5.21. The molecule has 4 heteroatoms. The molecule has 1 aromatic carbocycles. The van der Waals surface area contributed by atoms with Crippen molar-refractivity contribution in [1.82, 2.24) is 0 Å². The molecule has 1 rings (SSSR count). The molecule has 4 nitrogen and oxygen atoms in total. The van der Waals surface area contributed by atoms with Crippen LogP contribution in [0.3, 0.4) is 0 Å². The molecule has 0 unspecified atom stereocenters. The maximum Gasteiger partial charge on any atom is 0.412 e. The van der Waals surface area contributed by atoms with Crippen LogP contribution < -0.4 is 10.6 Å². The monoisotopic (exact) mass is 292 g/mol. The van der Waals surface area contributed by atoms with Crippen molar-refractivity contribution >= 4 is 17.5 Å². The van der Waals surface area contributed by atoms with Gasteiger partial charge in [0.05, 0.1) is 0 Å². The van der Waals surface area contributed by atoms with Gasteiger partial charge in [0.25, 0.3) is 0 Å². The van der Waals surface area contributed by atoms with Crippen LogP contribution in [0.5, 0.6) is 0 Å². The van der Waals surface area contributed by atoms with E-state index in [-0.39, 0.29) is 0 Å². The zero-order chi connectivity index (χ0) is 15.9. The number of hydrogen-bond acceptors (Lipinski definition) is 3. The minimum Gasteiger partial charge on any atom is -0.444 e. The van der Waals surface area contributed by atoms with Crippen LogP contribution >= 0.6 is 0 Å². The third-order valence-electron chi connectivity index (χ3n) is 3.28. The molecule has 0 heterocycles. The summed E-state index contributed by atoms with van der Waals surface area (Å²) in [6.45, 7) is 10.9. The van der Waals surface area contributed by atoms with Crippen LogP contribution in [0, 0.1) is 5.92 Å². The van der Waals surface area contributed by atoms with Gasteiger partial charge < -0.3 is 10.1 Å². The number of hydrogen-bond donors (Lipinski definition) is 2. The van der Waals surface area contributed by atoms with E-state index in [0.29, 0.717) is 5.92 Å². The Morgan fingerprint density at radius 3 is 2.10 bits per heavy atom. The zero-order valence-corrected chi connectivity index (χ0v) is 13.8. The Kier molecular flexibility index (Phi) is 6.53. The van der Waals surface area contributed by atoms with Crippen molar-refractivity contribution < 1.29 is 9.53 Å². The molecule has 0 radical (unpaired) electrons. The minimum absolute atomic E-state index is 0.430. The van der Waals surface area contributed by atoms with E-state index >= 15 is 0 Å². The van der Waals surface area contributed by atoms with E-state index in [1.165, 1.54) is 12.8 Å². The van der Waals surface area contributed by atoms with Gasteiger partial charge in [0.2, 0.25) is 0 Å². The van der Waals surface area contributed by atoms with Crippen molar-refractivity contribution in [2.45, 2.75) is 53.1 Å². The standard InChI is InChI=1S/C17H28N2O2/c1-6-13(7-2)12-18-14-8-10-15(11-9-14)19-16(20)21-17(3,4)5/h8-11,13,18H,6-7,12H2,1-5H3,(H,19,20). The topological polar surface area (TPSA) is 50.4 Å².